The van der Waals surface area contributed by atoms with Crippen molar-refractivity contribution >= 4 is 5.78 Å². The van der Waals surface area contributed by atoms with Crippen LogP contribution in [0.15, 0.2) is 30.3 Å². The molecule has 0 aromatic heterocycles. The molecule has 0 aliphatic rings. The topological polar surface area (TPSA) is 38.3 Å². The number of benzene rings is 1. The summed E-state index contributed by atoms with van der Waals surface area (Å²) in [5, 5.41) is 0. The van der Waals surface area contributed by atoms with E-state index in [1.807, 2.05) is 30.3 Å². The maximum atomic E-state index is 11.9. The molecule has 1 rings (SSSR count). The van der Waals surface area contributed by atoms with E-state index >= 15 is 0 Å². The lowest BCUT2D eigenvalue weighted by molar-refractivity contribution is 0.0418. The fraction of sp³-hybridized carbons (Fsp3) is 0.462. The van der Waals surface area contributed by atoms with Crippen LogP contribution < -0.4 is 5.48 Å². The molecular formula is C13H19NO2. The summed E-state index contributed by atoms with van der Waals surface area (Å²) in [6, 6.07) is 9.39. The summed E-state index contributed by atoms with van der Waals surface area (Å²) in [4.78, 5) is 16.8. The number of carbonyl (C=O) groups excluding carboxylic acids is 1. The van der Waals surface area contributed by atoms with Gasteiger partial charge in [0.05, 0.1) is 7.11 Å². The Balaban J connectivity index is 2.62. The Morgan fingerprint density at radius 3 is 2.44 bits per heavy atom. The predicted molar refractivity (Wildman–Crippen MR) is 64.2 cm³/mol. The lowest BCUT2D eigenvalue weighted by Crippen LogP contribution is -2.35. The van der Waals surface area contributed by atoms with Crippen LogP contribution in [-0.4, -0.2) is 18.9 Å². The van der Waals surface area contributed by atoms with Crippen molar-refractivity contribution in [3.8, 4) is 0 Å². The van der Waals surface area contributed by atoms with E-state index in [9.17, 15) is 4.79 Å². The normalized spacial score (nSPS) is 12.8. The van der Waals surface area contributed by atoms with Crippen molar-refractivity contribution in [3.63, 3.8) is 0 Å². The number of hydrogen-bond acceptors (Lipinski definition) is 3. The fourth-order valence-electron chi connectivity index (χ4n) is 1.51. The van der Waals surface area contributed by atoms with E-state index in [0.717, 1.165) is 5.56 Å². The number of hydroxylamine groups is 1. The van der Waals surface area contributed by atoms with Crippen LogP contribution in [0.3, 0.4) is 0 Å². The quantitative estimate of drug-likeness (QED) is 0.592. The van der Waals surface area contributed by atoms with Crippen molar-refractivity contribution in [2.45, 2.75) is 26.3 Å². The summed E-state index contributed by atoms with van der Waals surface area (Å²) in [6.07, 6.45) is 0.454. The Bertz CT molecular complexity index is 322. The number of Topliss-reactive ketones (excluding diaryl/α,β-unsaturated/α-hetero) is 1. The van der Waals surface area contributed by atoms with Crippen LogP contribution >= 0.6 is 0 Å². The molecule has 0 amide bonds. The van der Waals surface area contributed by atoms with E-state index in [0.29, 0.717) is 12.3 Å². The molecule has 16 heavy (non-hydrogen) atoms. The number of hydrogen-bond donors (Lipinski definition) is 1. The standard InChI is InChI=1S/C13H19NO2/c1-10(2)12(14-16-3)9-13(15)11-7-5-4-6-8-11/h4-8,10,12,14H,9H2,1-3H3/t12-/m0/s1. The highest BCUT2D eigenvalue weighted by atomic mass is 16.6. The number of ketones is 1. The van der Waals surface area contributed by atoms with Crippen molar-refractivity contribution in [1.29, 1.82) is 0 Å². The molecule has 1 aromatic rings. The van der Waals surface area contributed by atoms with Gasteiger partial charge in [0.15, 0.2) is 5.78 Å². The first-order valence-electron chi connectivity index (χ1n) is 5.52. The number of nitrogens with one attached hydrogen (secondary N) is 1. The summed E-state index contributed by atoms with van der Waals surface area (Å²) in [5.74, 6) is 0.497. The highest BCUT2D eigenvalue weighted by Gasteiger charge is 2.17. The highest BCUT2D eigenvalue weighted by molar-refractivity contribution is 5.96. The second-order valence-electron chi connectivity index (χ2n) is 4.17. The second kappa shape index (κ2) is 6.40. The van der Waals surface area contributed by atoms with Gasteiger partial charge < -0.3 is 4.84 Å². The minimum atomic E-state index is 0.0534. The largest absolute Gasteiger partial charge is 0.305 e. The molecule has 0 aliphatic carbocycles. The zero-order valence-corrected chi connectivity index (χ0v) is 10.1. The van der Waals surface area contributed by atoms with Gasteiger partial charge in [0, 0.05) is 18.0 Å². The van der Waals surface area contributed by atoms with Gasteiger partial charge >= 0.3 is 0 Å². The average molecular weight is 221 g/mol. The van der Waals surface area contributed by atoms with Crippen LogP contribution in [0, 0.1) is 5.92 Å². The summed E-state index contributed by atoms with van der Waals surface area (Å²) in [6.45, 7) is 4.13. The Morgan fingerprint density at radius 1 is 1.31 bits per heavy atom. The molecule has 0 heterocycles. The Labute approximate surface area is 96.8 Å². The zero-order valence-electron chi connectivity index (χ0n) is 10.1. The van der Waals surface area contributed by atoms with Crippen molar-refractivity contribution in [2.75, 3.05) is 7.11 Å². The number of carbonyl (C=O) groups is 1. The second-order valence-corrected chi connectivity index (χ2v) is 4.17. The van der Waals surface area contributed by atoms with E-state index in [2.05, 4.69) is 19.3 Å². The summed E-state index contributed by atoms with van der Waals surface area (Å²) in [5.41, 5.74) is 3.62. The van der Waals surface area contributed by atoms with Crippen LogP contribution in [0.2, 0.25) is 0 Å². The van der Waals surface area contributed by atoms with Gasteiger partial charge in [0.1, 0.15) is 0 Å². The van der Waals surface area contributed by atoms with Gasteiger partial charge in [0.2, 0.25) is 0 Å². The third-order valence-corrected chi connectivity index (χ3v) is 2.58. The van der Waals surface area contributed by atoms with Crippen molar-refractivity contribution in [1.82, 2.24) is 5.48 Å². The van der Waals surface area contributed by atoms with Gasteiger partial charge in [-0.05, 0) is 5.92 Å². The molecule has 0 spiro atoms. The molecule has 0 saturated heterocycles. The first kappa shape index (κ1) is 12.9. The molecular weight excluding hydrogens is 202 g/mol. The van der Waals surface area contributed by atoms with E-state index in [4.69, 9.17) is 4.84 Å². The van der Waals surface area contributed by atoms with Gasteiger partial charge in [-0.1, -0.05) is 44.2 Å². The Hall–Kier alpha value is -1.19. The summed E-state index contributed by atoms with van der Waals surface area (Å²) >= 11 is 0. The molecule has 1 N–H and O–H groups in total. The fourth-order valence-corrected chi connectivity index (χ4v) is 1.51. The molecule has 1 aromatic carbocycles. The lowest BCUT2D eigenvalue weighted by Gasteiger charge is -2.20. The Kier molecular flexibility index (Phi) is 5.15. The molecule has 0 fully saturated rings. The summed E-state index contributed by atoms with van der Waals surface area (Å²) < 4.78 is 0. The number of rotatable bonds is 6. The smallest absolute Gasteiger partial charge is 0.164 e. The van der Waals surface area contributed by atoms with Crippen LogP contribution in [0.25, 0.3) is 0 Å². The third kappa shape index (κ3) is 3.76. The van der Waals surface area contributed by atoms with Gasteiger partial charge in [-0.15, -0.1) is 0 Å². The van der Waals surface area contributed by atoms with Crippen molar-refractivity contribution < 1.29 is 9.63 Å². The maximum Gasteiger partial charge on any atom is 0.164 e. The first-order valence-corrected chi connectivity index (χ1v) is 5.52. The minimum absolute atomic E-state index is 0.0534. The molecule has 1 atom stereocenters. The van der Waals surface area contributed by atoms with Crippen LogP contribution in [0.5, 0.6) is 0 Å². The Morgan fingerprint density at radius 2 is 1.94 bits per heavy atom. The molecule has 88 valence electrons. The SMILES string of the molecule is CON[C@@H](CC(=O)c1ccccc1)C(C)C. The maximum absolute atomic E-state index is 11.9. The predicted octanol–water partition coefficient (Wildman–Crippen LogP) is 2.44. The van der Waals surface area contributed by atoms with Gasteiger partial charge in [-0.25, -0.2) is 0 Å². The average Bonchev–Trinajstić information content (AvgIpc) is 2.29. The summed E-state index contributed by atoms with van der Waals surface area (Å²) in [7, 11) is 1.57. The van der Waals surface area contributed by atoms with Crippen LogP contribution in [-0.2, 0) is 4.84 Å². The molecule has 0 bridgehead atoms. The highest BCUT2D eigenvalue weighted by Crippen LogP contribution is 2.11. The monoisotopic (exact) mass is 221 g/mol. The molecule has 0 aliphatic heterocycles. The van der Waals surface area contributed by atoms with E-state index in [1.54, 1.807) is 7.11 Å². The van der Waals surface area contributed by atoms with E-state index in [-0.39, 0.29) is 11.8 Å². The van der Waals surface area contributed by atoms with E-state index in [1.165, 1.54) is 0 Å². The third-order valence-electron chi connectivity index (χ3n) is 2.58. The van der Waals surface area contributed by atoms with E-state index < -0.39 is 0 Å². The van der Waals surface area contributed by atoms with Crippen LogP contribution in [0.1, 0.15) is 30.6 Å². The van der Waals surface area contributed by atoms with Gasteiger partial charge in [0.25, 0.3) is 0 Å². The molecule has 0 unspecified atom stereocenters. The molecule has 0 radical (unpaired) electrons. The van der Waals surface area contributed by atoms with Gasteiger partial charge in [-0.3, -0.25) is 4.79 Å². The molecule has 3 nitrogen and oxygen atoms in total. The van der Waals surface area contributed by atoms with Crippen LogP contribution in [0.4, 0.5) is 0 Å². The van der Waals surface area contributed by atoms with Crippen molar-refractivity contribution in [2.24, 2.45) is 5.92 Å². The molecule has 0 saturated carbocycles. The zero-order chi connectivity index (χ0) is 12.0. The van der Waals surface area contributed by atoms with Gasteiger partial charge in [-0.2, -0.15) is 5.48 Å². The van der Waals surface area contributed by atoms with Crippen molar-refractivity contribution in [3.05, 3.63) is 35.9 Å². The lowest BCUT2D eigenvalue weighted by atomic mass is 9.96. The minimum Gasteiger partial charge on any atom is -0.305 e. The first-order chi connectivity index (χ1) is 7.65. The molecule has 3 heteroatoms.